The molecule has 1 aliphatic rings. The first-order valence-electron chi connectivity index (χ1n) is 5.45. The molecule has 1 aromatic carbocycles. The third-order valence-corrected chi connectivity index (χ3v) is 4.35. The van der Waals surface area contributed by atoms with E-state index >= 15 is 0 Å². The minimum absolute atomic E-state index is 0.364. The van der Waals surface area contributed by atoms with Gasteiger partial charge in [0.1, 0.15) is 0 Å². The Morgan fingerprint density at radius 3 is 3.00 bits per heavy atom. The van der Waals surface area contributed by atoms with Gasteiger partial charge in [-0.25, -0.2) is 4.68 Å². The lowest BCUT2D eigenvalue weighted by Crippen LogP contribution is -2.32. The van der Waals surface area contributed by atoms with Crippen LogP contribution in [0.25, 0.3) is 11.4 Å². The maximum Gasteiger partial charge on any atom is 0.210 e. The van der Waals surface area contributed by atoms with Crippen molar-refractivity contribution in [1.29, 1.82) is 0 Å². The molecule has 1 unspecified atom stereocenters. The lowest BCUT2D eigenvalue weighted by Gasteiger charge is -2.23. The SMILES string of the molecule is CC1CSc2nnc(-c3ccc(Cl)cc3Cl)n2N1. The van der Waals surface area contributed by atoms with Crippen LogP contribution in [0.3, 0.4) is 0 Å². The van der Waals surface area contributed by atoms with Gasteiger partial charge in [-0.3, -0.25) is 0 Å². The molecule has 4 nitrogen and oxygen atoms in total. The highest BCUT2D eigenvalue weighted by Crippen LogP contribution is 2.32. The summed E-state index contributed by atoms with van der Waals surface area (Å²) in [5.74, 6) is 1.69. The van der Waals surface area contributed by atoms with Gasteiger partial charge in [-0.2, -0.15) is 0 Å². The normalized spacial score (nSPS) is 18.3. The van der Waals surface area contributed by atoms with Crippen LogP contribution in [0.1, 0.15) is 6.92 Å². The van der Waals surface area contributed by atoms with Crippen LogP contribution in [0.2, 0.25) is 10.0 Å². The fraction of sp³-hybridized carbons (Fsp3) is 0.273. The number of nitrogens with zero attached hydrogens (tertiary/aromatic N) is 3. The summed E-state index contributed by atoms with van der Waals surface area (Å²) in [7, 11) is 0. The van der Waals surface area contributed by atoms with Crippen LogP contribution < -0.4 is 5.43 Å². The number of benzene rings is 1. The van der Waals surface area contributed by atoms with Gasteiger partial charge in [0.05, 0.1) is 5.02 Å². The van der Waals surface area contributed by atoms with Gasteiger partial charge < -0.3 is 5.43 Å². The summed E-state index contributed by atoms with van der Waals surface area (Å²) in [6.45, 7) is 2.11. The van der Waals surface area contributed by atoms with Crippen LogP contribution in [0.4, 0.5) is 0 Å². The average Bonchev–Trinajstić information content (AvgIpc) is 2.72. The summed E-state index contributed by atoms with van der Waals surface area (Å²) in [5.41, 5.74) is 4.15. The fourth-order valence-electron chi connectivity index (χ4n) is 1.78. The van der Waals surface area contributed by atoms with Crippen LogP contribution in [0, 0.1) is 0 Å². The van der Waals surface area contributed by atoms with E-state index in [2.05, 4.69) is 22.5 Å². The van der Waals surface area contributed by atoms with Gasteiger partial charge in [0.2, 0.25) is 5.16 Å². The maximum atomic E-state index is 6.20. The van der Waals surface area contributed by atoms with E-state index in [1.807, 2.05) is 10.7 Å². The number of fused-ring (bicyclic) bond motifs is 1. The molecule has 0 fully saturated rings. The molecular formula is C11H10Cl2N4S. The van der Waals surface area contributed by atoms with Crippen molar-refractivity contribution in [2.75, 3.05) is 11.2 Å². The van der Waals surface area contributed by atoms with Crippen molar-refractivity contribution in [3.05, 3.63) is 28.2 Å². The van der Waals surface area contributed by atoms with Crippen LogP contribution in [0.5, 0.6) is 0 Å². The van der Waals surface area contributed by atoms with E-state index in [1.54, 1.807) is 23.9 Å². The summed E-state index contributed by atoms with van der Waals surface area (Å²) < 4.78 is 1.88. The summed E-state index contributed by atoms with van der Waals surface area (Å²) >= 11 is 13.8. The molecule has 2 aromatic rings. The summed E-state index contributed by atoms with van der Waals surface area (Å²) in [6.07, 6.45) is 0. The molecule has 0 aliphatic carbocycles. The van der Waals surface area contributed by atoms with E-state index in [9.17, 15) is 0 Å². The molecule has 1 N–H and O–H groups in total. The highest BCUT2D eigenvalue weighted by Gasteiger charge is 2.22. The molecule has 7 heteroatoms. The molecule has 0 saturated carbocycles. The molecule has 0 radical (unpaired) electrons. The standard InChI is InChI=1S/C11H10Cl2N4S/c1-6-5-18-11-15-14-10(17(11)16-6)8-3-2-7(12)4-9(8)13/h2-4,6,16H,5H2,1H3. The van der Waals surface area contributed by atoms with E-state index in [0.29, 0.717) is 21.9 Å². The number of thioether (sulfide) groups is 1. The minimum Gasteiger partial charge on any atom is -0.318 e. The predicted octanol–water partition coefficient (Wildman–Crippen LogP) is 3.29. The van der Waals surface area contributed by atoms with E-state index in [-0.39, 0.29) is 0 Å². The largest absolute Gasteiger partial charge is 0.318 e. The highest BCUT2D eigenvalue weighted by molar-refractivity contribution is 7.99. The van der Waals surface area contributed by atoms with Crippen molar-refractivity contribution in [1.82, 2.24) is 14.9 Å². The second kappa shape index (κ2) is 4.64. The number of nitrogens with one attached hydrogen (secondary N) is 1. The Kier molecular flexibility index (Phi) is 3.13. The number of hydrogen-bond acceptors (Lipinski definition) is 4. The Bertz CT molecular complexity index is 599. The number of halogens is 2. The molecule has 3 rings (SSSR count). The van der Waals surface area contributed by atoms with Crippen molar-refractivity contribution in [2.24, 2.45) is 0 Å². The third kappa shape index (κ3) is 2.06. The topological polar surface area (TPSA) is 42.7 Å². The predicted molar refractivity (Wildman–Crippen MR) is 75.0 cm³/mol. The van der Waals surface area contributed by atoms with Crippen LogP contribution in [-0.2, 0) is 0 Å². The molecule has 94 valence electrons. The molecule has 18 heavy (non-hydrogen) atoms. The second-order valence-corrected chi connectivity index (χ2v) is 5.94. The van der Waals surface area contributed by atoms with Gasteiger partial charge in [0.15, 0.2) is 5.82 Å². The monoisotopic (exact) mass is 300 g/mol. The Labute approximate surface area is 119 Å². The smallest absolute Gasteiger partial charge is 0.210 e. The number of aromatic nitrogens is 3. The first-order valence-corrected chi connectivity index (χ1v) is 7.19. The molecule has 1 aromatic heterocycles. The summed E-state index contributed by atoms with van der Waals surface area (Å²) in [4.78, 5) is 0. The molecule has 1 aliphatic heterocycles. The Hall–Kier alpha value is -0.910. The third-order valence-electron chi connectivity index (χ3n) is 2.62. The zero-order valence-corrected chi connectivity index (χ0v) is 11.9. The molecule has 0 spiro atoms. The van der Waals surface area contributed by atoms with Crippen LogP contribution >= 0.6 is 35.0 Å². The molecule has 0 saturated heterocycles. The van der Waals surface area contributed by atoms with Gasteiger partial charge in [-0.15, -0.1) is 10.2 Å². The molecule has 2 heterocycles. The quantitative estimate of drug-likeness (QED) is 0.877. The lowest BCUT2D eigenvalue weighted by molar-refractivity contribution is 0.672. The van der Waals surface area contributed by atoms with Crippen molar-refractivity contribution in [2.45, 2.75) is 18.1 Å². The van der Waals surface area contributed by atoms with E-state index in [4.69, 9.17) is 23.2 Å². The first kappa shape index (κ1) is 12.1. The van der Waals surface area contributed by atoms with Gasteiger partial charge >= 0.3 is 0 Å². The first-order chi connectivity index (χ1) is 8.65. The average molecular weight is 301 g/mol. The fourth-order valence-corrected chi connectivity index (χ4v) is 3.12. The Balaban J connectivity index is 2.10. The second-order valence-electron chi connectivity index (χ2n) is 4.11. The summed E-state index contributed by atoms with van der Waals surface area (Å²) in [6, 6.07) is 5.72. The summed E-state index contributed by atoms with van der Waals surface area (Å²) in [5, 5.41) is 10.4. The number of rotatable bonds is 1. The van der Waals surface area contributed by atoms with Gasteiger partial charge in [-0.05, 0) is 25.1 Å². The van der Waals surface area contributed by atoms with Crippen LogP contribution in [0.15, 0.2) is 23.4 Å². The molecule has 1 atom stereocenters. The molecular weight excluding hydrogens is 291 g/mol. The Morgan fingerprint density at radius 1 is 1.39 bits per heavy atom. The Morgan fingerprint density at radius 2 is 2.22 bits per heavy atom. The van der Waals surface area contributed by atoms with Crippen LogP contribution in [-0.4, -0.2) is 26.7 Å². The minimum atomic E-state index is 0.364. The van der Waals surface area contributed by atoms with Gasteiger partial charge in [-0.1, -0.05) is 35.0 Å². The molecule has 0 amide bonds. The number of hydrogen-bond donors (Lipinski definition) is 1. The van der Waals surface area contributed by atoms with E-state index in [1.165, 1.54) is 0 Å². The lowest BCUT2D eigenvalue weighted by atomic mass is 10.2. The zero-order chi connectivity index (χ0) is 12.7. The van der Waals surface area contributed by atoms with Gasteiger partial charge in [0.25, 0.3) is 0 Å². The zero-order valence-electron chi connectivity index (χ0n) is 9.52. The molecule has 0 bridgehead atoms. The highest BCUT2D eigenvalue weighted by atomic mass is 35.5. The van der Waals surface area contributed by atoms with Crippen molar-refractivity contribution >= 4 is 35.0 Å². The van der Waals surface area contributed by atoms with Gasteiger partial charge in [0, 0.05) is 22.4 Å². The maximum absolute atomic E-state index is 6.20. The van der Waals surface area contributed by atoms with E-state index in [0.717, 1.165) is 16.5 Å². The van der Waals surface area contributed by atoms with E-state index < -0.39 is 0 Å². The van der Waals surface area contributed by atoms with Crippen molar-refractivity contribution in [3.63, 3.8) is 0 Å². The van der Waals surface area contributed by atoms with Crippen molar-refractivity contribution in [3.8, 4) is 11.4 Å². The van der Waals surface area contributed by atoms with Crippen molar-refractivity contribution < 1.29 is 0 Å².